The summed E-state index contributed by atoms with van der Waals surface area (Å²) in [6.07, 6.45) is 11.1. The van der Waals surface area contributed by atoms with Gasteiger partial charge in [0.2, 0.25) is 0 Å². The van der Waals surface area contributed by atoms with Crippen molar-refractivity contribution in [1.82, 2.24) is 50.8 Å². The Morgan fingerprint density at radius 1 is 0.789 bits per heavy atom. The standard InChI is InChI=1S/C5H4N4.2C2H3N3/c1-4-5(8-2-6-1)9-3-7-4;2*1-2-4-5-3-1/h1-3H,(H,6,7,8,9);2*1-2H,(H,3,4,5). The minimum Gasteiger partial charge on any atom is -0.342 e. The highest BCUT2D eigenvalue weighted by Gasteiger charge is 1.91. The fourth-order valence-corrected chi connectivity index (χ4v) is 1.02. The molecule has 10 heteroatoms. The SMILES string of the molecule is c1cn[nH]n1.c1cn[nH]n1.c1ncc2[nH]cnc2n1. The fraction of sp³-hybridized carbons (Fsp3) is 0. The lowest BCUT2D eigenvalue weighted by molar-refractivity contribution is 0.940. The molecule has 4 aromatic heterocycles. The summed E-state index contributed by atoms with van der Waals surface area (Å²) in [4.78, 5) is 14.5. The molecule has 4 aromatic rings. The molecule has 0 bridgehead atoms. The van der Waals surface area contributed by atoms with E-state index in [1.165, 1.54) is 6.33 Å². The van der Waals surface area contributed by atoms with E-state index >= 15 is 0 Å². The number of fused-ring (bicyclic) bond motifs is 1. The maximum Gasteiger partial charge on any atom is 0.180 e. The van der Waals surface area contributed by atoms with Crippen molar-refractivity contribution in [2.75, 3.05) is 0 Å². The number of hydrogen-bond donors (Lipinski definition) is 3. The molecule has 0 amide bonds. The third-order valence-electron chi connectivity index (χ3n) is 1.76. The molecule has 4 heterocycles. The average molecular weight is 258 g/mol. The number of H-pyrrole nitrogens is 3. The zero-order valence-electron chi connectivity index (χ0n) is 9.67. The van der Waals surface area contributed by atoms with E-state index in [1.54, 1.807) is 37.3 Å². The first kappa shape index (κ1) is 12.3. The third kappa shape index (κ3) is 4.30. The van der Waals surface area contributed by atoms with Crippen LogP contribution in [-0.2, 0) is 0 Å². The molecule has 4 rings (SSSR count). The first-order valence-electron chi connectivity index (χ1n) is 5.15. The summed E-state index contributed by atoms with van der Waals surface area (Å²) in [5.74, 6) is 0. The van der Waals surface area contributed by atoms with Crippen LogP contribution in [0.1, 0.15) is 0 Å². The third-order valence-corrected chi connectivity index (χ3v) is 1.76. The van der Waals surface area contributed by atoms with Crippen LogP contribution in [-0.4, -0.2) is 50.8 Å². The quantitative estimate of drug-likeness (QED) is 0.402. The van der Waals surface area contributed by atoms with Crippen LogP contribution >= 0.6 is 0 Å². The van der Waals surface area contributed by atoms with Crippen LogP contribution in [0.15, 0.2) is 43.6 Å². The van der Waals surface area contributed by atoms with Gasteiger partial charge in [-0.1, -0.05) is 0 Å². The smallest absolute Gasteiger partial charge is 0.180 e. The molecule has 0 unspecified atom stereocenters. The number of hydrogen-bond acceptors (Lipinski definition) is 7. The zero-order valence-corrected chi connectivity index (χ0v) is 9.67. The van der Waals surface area contributed by atoms with Gasteiger partial charge in [0.15, 0.2) is 5.65 Å². The van der Waals surface area contributed by atoms with Gasteiger partial charge in [-0.25, -0.2) is 15.0 Å². The van der Waals surface area contributed by atoms with Gasteiger partial charge in [0.25, 0.3) is 0 Å². The summed E-state index contributed by atoms with van der Waals surface area (Å²) in [5.41, 5.74) is 1.59. The summed E-state index contributed by atoms with van der Waals surface area (Å²) < 4.78 is 0. The van der Waals surface area contributed by atoms with Gasteiger partial charge in [0.1, 0.15) is 11.8 Å². The van der Waals surface area contributed by atoms with Gasteiger partial charge >= 0.3 is 0 Å². The van der Waals surface area contributed by atoms with Crippen molar-refractivity contribution in [2.24, 2.45) is 0 Å². The minimum absolute atomic E-state index is 0.713. The Bertz CT molecular complexity index is 550. The van der Waals surface area contributed by atoms with E-state index in [4.69, 9.17) is 0 Å². The fourth-order valence-electron chi connectivity index (χ4n) is 1.02. The highest BCUT2D eigenvalue weighted by molar-refractivity contribution is 5.67. The Morgan fingerprint density at radius 2 is 1.42 bits per heavy atom. The summed E-state index contributed by atoms with van der Waals surface area (Å²) in [7, 11) is 0. The predicted octanol–water partition coefficient (Wildman–Crippen LogP) is -0.0377. The van der Waals surface area contributed by atoms with Gasteiger partial charge in [-0.2, -0.15) is 30.8 Å². The minimum atomic E-state index is 0.713. The van der Waals surface area contributed by atoms with Crippen LogP contribution < -0.4 is 0 Å². The maximum atomic E-state index is 3.91. The normalized spacial score (nSPS) is 9.05. The van der Waals surface area contributed by atoms with Gasteiger partial charge in [0, 0.05) is 0 Å². The van der Waals surface area contributed by atoms with Crippen LogP contribution in [0.5, 0.6) is 0 Å². The monoisotopic (exact) mass is 258 g/mol. The number of rotatable bonds is 0. The molecule has 0 saturated heterocycles. The van der Waals surface area contributed by atoms with Crippen molar-refractivity contribution in [3.05, 3.63) is 43.6 Å². The van der Waals surface area contributed by atoms with Crippen molar-refractivity contribution in [3.63, 3.8) is 0 Å². The molecule has 96 valence electrons. The van der Waals surface area contributed by atoms with Crippen LogP contribution in [0.25, 0.3) is 11.2 Å². The Balaban J connectivity index is 0.000000114. The Labute approximate surface area is 106 Å². The molecule has 0 aliphatic rings. The lowest BCUT2D eigenvalue weighted by Crippen LogP contribution is -1.76. The molecule has 0 aromatic carbocycles. The Hall–Kier alpha value is -3.17. The van der Waals surface area contributed by atoms with Crippen molar-refractivity contribution < 1.29 is 0 Å². The highest BCUT2D eigenvalue weighted by Crippen LogP contribution is 1.99. The van der Waals surface area contributed by atoms with Crippen molar-refractivity contribution >= 4 is 11.2 Å². The van der Waals surface area contributed by atoms with E-state index in [1.807, 2.05) is 0 Å². The van der Waals surface area contributed by atoms with Gasteiger partial charge in [-0.3, -0.25) is 0 Å². The second-order valence-corrected chi connectivity index (χ2v) is 2.98. The second kappa shape index (κ2) is 7.21. The van der Waals surface area contributed by atoms with E-state index in [-0.39, 0.29) is 0 Å². The molecular formula is C9H10N10. The molecule has 0 spiro atoms. The summed E-state index contributed by atoms with van der Waals surface area (Å²) in [5, 5.41) is 18.7. The van der Waals surface area contributed by atoms with Crippen molar-refractivity contribution in [1.29, 1.82) is 0 Å². The molecular weight excluding hydrogens is 248 g/mol. The average Bonchev–Trinajstić information content (AvgIpc) is 3.22. The summed E-state index contributed by atoms with van der Waals surface area (Å²) in [6.45, 7) is 0. The number of imidazole rings is 1. The molecule has 0 saturated carbocycles. The molecule has 10 nitrogen and oxygen atoms in total. The summed E-state index contributed by atoms with van der Waals surface area (Å²) >= 11 is 0. The number of nitrogens with one attached hydrogen (secondary N) is 3. The summed E-state index contributed by atoms with van der Waals surface area (Å²) in [6, 6.07) is 0. The largest absolute Gasteiger partial charge is 0.342 e. The lowest BCUT2D eigenvalue weighted by atomic mass is 10.6. The molecule has 0 atom stereocenters. The first-order chi connectivity index (χ1) is 9.47. The van der Waals surface area contributed by atoms with Crippen molar-refractivity contribution in [3.8, 4) is 0 Å². The highest BCUT2D eigenvalue weighted by atomic mass is 15.3. The molecule has 0 aliphatic carbocycles. The van der Waals surface area contributed by atoms with Crippen LogP contribution in [0.4, 0.5) is 0 Å². The van der Waals surface area contributed by atoms with Gasteiger partial charge in [-0.15, -0.1) is 0 Å². The number of aromatic amines is 3. The first-order valence-corrected chi connectivity index (χ1v) is 5.15. The number of nitrogens with zero attached hydrogens (tertiary/aromatic N) is 7. The van der Waals surface area contributed by atoms with Crippen LogP contribution in [0.2, 0.25) is 0 Å². The molecule has 3 N–H and O–H groups in total. The Kier molecular flexibility index (Phi) is 4.67. The van der Waals surface area contributed by atoms with Crippen molar-refractivity contribution in [2.45, 2.75) is 0 Å². The van der Waals surface area contributed by atoms with E-state index < -0.39 is 0 Å². The lowest BCUT2D eigenvalue weighted by Gasteiger charge is -1.80. The second-order valence-electron chi connectivity index (χ2n) is 2.98. The van der Waals surface area contributed by atoms with Crippen LogP contribution in [0, 0.1) is 0 Å². The maximum absolute atomic E-state index is 3.91. The van der Waals surface area contributed by atoms with E-state index in [0.717, 1.165) is 5.52 Å². The molecule has 0 fully saturated rings. The topological polar surface area (TPSA) is 138 Å². The Morgan fingerprint density at radius 3 is 1.89 bits per heavy atom. The van der Waals surface area contributed by atoms with E-state index in [2.05, 4.69) is 50.8 Å². The molecule has 0 radical (unpaired) electrons. The van der Waals surface area contributed by atoms with Crippen LogP contribution in [0.3, 0.4) is 0 Å². The predicted molar refractivity (Wildman–Crippen MR) is 64.4 cm³/mol. The zero-order chi connectivity index (χ0) is 13.2. The van der Waals surface area contributed by atoms with Gasteiger partial charge in [0.05, 0.1) is 37.3 Å². The van der Waals surface area contributed by atoms with Gasteiger partial charge < -0.3 is 4.98 Å². The number of aromatic nitrogens is 10. The van der Waals surface area contributed by atoms with Gasteiger partial charge in [-0.05, 0) is 0 Å². The van der Waals surface area contributed by atoms with E-state index in [9.17, 15) is 0 Å². The molecule has 19 heavy (non-hydrogen) atoms. The van der Waals surface area contributed by atoms with E-state index in [0.29, 0.717) is 5.65 Å². The molecule has 0 aliphatic heterocycles.